The standard InChI is InChI=1S/C11H12FNO4S/c12-8-2-1-3-9-11(8)13(5-4-10(14)15)6-7-18(9,16)17/h1-3H,4-7H2,(H,14,15). The molecule has 1 aromatic rings. The molecule has 0 radical (unpaired) electrons. The number of rotatable bonds is 3. The maximum atomic E-state index is 13.7. The van der Waals surface area contributed by atoms with Crippen LogP contribution in [0.2, 0.25) is 0 Å². The zero-order valence-corrected chi connectivity index (χ0v) is 10.3. The molecule has 1 heterocycles. The van der Waals surface area contributed by atoms with E-state index < -0.39 is 21.6 Å². The molecular weight excluding hydrogens is 261 g/mol. The van der Waals surface area contributed by atoms with Gasteiger partial charge >= 0.3 is 5.97 Å². The predicted octanol–water partition coefficient (Wildman–Crippen LogP) is 0.894. The molecule has 5 nitrogen and oxygen atoms in total. The SMILES string of the molecule is O=C(O)CCN1CCS(=O)(=O)c2cccc(F)c21. The third kappa shape index (κ3) is 2.31. The van der Waals surface area contributed by atoms with Gasteiger partial charge in [0.25, 0.3) is 0 Å². The zero-order valence-electron chi connectivity index (χ0n) is 9.47. The smallest absolute Gasteiger partial charge is 0.305 e. The zero-order chi connectivity index (χ0) is 13.3. The molecule has 0 amide bonds. The minimum Gasteiger partial charge on any atom is -0.481 e. The molecule has 0 spiro atoms. The van der Waals surface area contributed by atoms with Crippen molar-refractivity contribution in [2.75, 3.05) is 23.7 Å². The Balaban J connectivity index is 2.42. The van der Waals surface area contributed by atoms with Crippen LogP contribution in [0.1, 0.15) is 6.42 Å². The highest BCUT2D eigenvalue weighted by atomic mass is 32.2. The van der Waals surface area contributed by atoms with Crippen molar-refractivity contribution in [3.8, 4) is 0 Å². The Hall–Kier alpha value is -1.63. The van der Waals surface area contributed by atoms with Gasteiger partial charge in [0.1, 0.15) is 5.82 Å². The van der Waals surface area contributed by atoms with Gasteiger partial charge in [0, 0.05) is 13.1 Å². The minimum atomic E-state index is -3.47. The molecule has 2 rings (SSSR count). The Kier molecular flexibility index (Phi) is 3.25. The molecule has 0 unspecified atom stereocenters. The number of benzene rings is 1. The van der Waals surface area contributed by atoms with Crippen molar-refractivity contribution >= 4 is 21.5 Å². The normalized spacial score (nSPS) is 17.3. The maximum absolute atomic E-state index is 13.7. The number of fused-ring (bicyclic) bond motifs is 1. The number of hydrogen-bond acceptors (Lipinski definition) is 4. The van der Waals surface area contributed by atoms with Gasteiger partial charge in [-0.15, -0.1) is 0 Å². The lowest BCUT2D eigenvalue weighted by Crippen LogP contribution is -2.37. The molecule has 0 aliphatic carbocycles. The van der Waals surface area contributed by atoms with E-state index >= 15 is 0 Å². The van der Waals surface area contributed by atoms with E-state index in [1.165, 1.54) is 23.1 Å². The van der Waals surface area contributed by atoms with E-state index in [-0.39, 0.29) is 35.8 Å². The summed E-state index contributed by atoms with van der Waals surface area (Å²) in [5, 5.41) is 8.63. The number of carbonyl (C=O) groups is 1. The van der Waals surface area contributed by atoms with Gasteiger partial charge in [-0.3, -0.25) is 4.79 Å². The second-order valence-corrected chi connectivity index (χ2v) is 6.11. The van der Waals surface area contributed by atoms with Crippen molar-refractivity contribution in [2.45, 2.75) is 11.3 Å². The van der Waals surface area contributed by atoms with E-state index in [9.17, 15) is 17.6 Å². The van der Waals surface area contributed by atoms with Gasteiger partial charge in [-0.1, -0.05) is 6.07 Å². The summed E-state index contributed by atoms with van der Waals surface area (Å²) >= 11 is 0. The summed E-state index contributed by atoms with van der Waals surface area (Å²) in [6.45, 7) is 0.211. The number of hydrogen-bond donors (Lipinski definition) is 1. The summed E-state index contributed by atoms with van der Waals surface area (Å²) in [4.78, 5) is 11.9. The molecule has 1 aliphatic heterocycles. The first kappa shape index (κ1) is 12.8. The first-order chi connectivity index (χ1) is 8.42. The molecule has 0 saturated carbocycles. The summed E-state index contributed by atoms with van der Waals surface area (Å²) in [6.07, 6.45) is -0.159. The van der Waals surface area contributed by atoms with Crippen molar-refractivity contribution in [1.82, 2.24) is 0 Å². The highest BCUT2D eigenvalue weighted by molar-refractivity contribution is 7.91. The summed E-state index contributed by atoms with van der Waals surface area (Å²) in [5.74, 6) is -1.76. The van der Waals surface area contributed by atoms with E-state index in [1.54, 1.807) is 0 Å². The van der Waals surface area contributed by atoms with Crippen LogP contribution in [0, 0.1) is 5.82 Å². The monoisotopic (exact) mass is 273 g/mol. The van der Waals surface area contributed by atoms with Crippen molar-refractivity contribution in [3.05, 3.63) is 24.0 Å². The molecule has 0 fully saturated rings. The summed E-state index contributed by atoms with van der Waals surface area (Å²) in [5.41, 5.74) is -0.00926. The molecule has 1 aliphatic rings. The van der Waals surface area contributed by atoms with E-state index in [4.69, 9.17) is 5.11 Å². The van der Waals surface area contributed by atoms with Crippen LogP contribution in [0.3, 0.4) is 0 Å². The lowest BCUT2D eigenvalue weighted by atomic mass is 10.2. The van der Waals surface area contributed by atoms with Gasteiger partial charge in [-0.25, -0.2) is 12.8 Å². The Bertz CT molecular complexity index is 585. The average Bonchev–Trinajstić information content (AvgIpc) is 2.29. The highest BCUT2D eigenvalue weighted by Crippen LogP contribution is 2.32. The van der Waals surface area contributed by atoms with Crippen LogP contribution in [0.25, 0.3) is 0 Å². The van der Waals surface area contributed by atoms with Crippen molar-refractivity contribution < 1.29 is 22.7 Å². The van der Waals surface area contributed by atoms with Crippen LogP contribution < -0.4 is 4.90 Å². The largest absolute Gasteiger partial charge is 0.481 e. The van der Waals surface area contributed by atoms with Crippen LogP contribution >= 0.6 is 0 Å². The Morgan fingerprint density at radius 1 is 1.44 bits per heavy atom. The number of halogens is 1. The summed E-state index contributed by atoms with van der Waals surface area (Å²) in [7, 11) is -3.47. The van der Waals surface area contributed by atoms with Crippen molar-refractivity contribution in [3.63, 3.8) is 0 Å². The van der Waals surface area contributed by atoms with Gasteiger partial charge < -0.3 is 10.0 Å². The Morgan fingerprint density at radius 2 is 2.17 bits per heavy atom. The fourth-order valence-electron chi connectivity index (χ4n) is 1.96. The number of nitrogens with zero attached hydrogens (tertiary/aromatic N) is 1. The molecule has 0 bridgehead atoms. The number of anilines is 1. The average molecular weight is 273 g/mol. The van der Waals surface area contributed by atoms with Crippen LogP contribution in [-0.2, 0) is 14.6 Å². The Morgan fingerprint density at radius 3 is 2.83 bits per heavy atom. The highest BCUT2D eigenvalue weighted by Gasteiger charge is 2.30. The number of carboxylic acids is 1. The van der Waals surface area contributed by atoms with Gasteiger partial charge in [-0.2, -0.15) is 0 Å². The van der Waals surface area contributed by atoms with Crippen LogP contribution in [0.5, 0.6) is 0 Å². The van der Waals surface area contributed by atoms with Gasteiger partial charge in [-0.05, 0) is 12.1 Å². The molecule has 0 atom stereocenters. The van der Waals surface area contributed by atoms with Gasteiger partial charge in [0.2, 0.25) is 0 Å². The van der Waals surface area contributed by atoms with Crippen LogP contribution in [0.4, 0.5) is 10.1 Å². The molecule has 1 N–H and O–H groups in total. The fraction of sp³-hybridized carbons (Fsp3) is 0.364. The number of sulfone groups is 1. The van der Waals surface area contributed by atoms with Crippen LogP contribution in [0.15, 0.2) is 23.1 Å². The number of carboxylic acid groups (broad SMARTS) is 1. The molecule has 0 saturated heterocycles. The second kappa shape index (κ2) is 4.56. The topological polar surface area (TPSA) is 74.7 Å². The lowest BCUT2D eigenvalue weighted by Gasteiger charge is -2.30. The fourth-order valence-corrected chi connectivity index (χ4v) is 3.45. The lowest BCUT2D eigenvalue weighted by molar-refractivity contribution is -0.136. The van der Waals surface area contributed by atoms with Crippen molar-refractivity contribution in [1.29, 1.82) is 0 Å². The number of aliphatic carboxylic acids is 1. The molecule has 18 heavy (non-hydrogen) atoms. The first-order valence-corrected chi connectivity index (χ1v) is 7.05. The molecule has 7 heteroatoms. The maximum Gasteiger partial charge on any atom is 0.305 e. The first-order valence-electron chi connectivity index (χ1n) is 5.40. The summed E-state index contributed by atoms with van der Waals surface area (Å²) in [6, 6.07) is 3.86. The molecule has 1 aromatic carbocycles. The minimum absolute atomic E-state index is 0.00926. The molecular formula is C11H12FNO4S. The van der Waals surface area contributed by atoms with E-state index in [0.717, 1.165) is 0 Å². The van der Waals surface area contributed by atoms with E-state index in [1.807, 2.05) is 0 Å². The van der Waals surface area contributed by atoms with Crippen LogP contribution in [-0.4, -0.2) is 38.3 Å². The van der Waals surface area contributed by atoms with E-state index in [0.29, 0.717) is 0 Å². The Labute approximate surface area is 104 Å². The third-order valence-electron chi connectivity index (χ3n) is 2.83. The third-order valence-corrected chi connectivity index (χ3v) is 4.55. The summed E-state index contributed by atoms with van der Waals surface area (Å²) < 4.78 is 37.3. The van der Waals surface area contributed by atoms with E-state index in [2.05, 4.69) is 0 Å². The molecule has 0 aromatic heterocycles. The van der Waals surface area contributed by atoms with Gasteiger partial charge in [0.05, 0.1) is 22.8 Å². The van der Waals surface area contributed by atoms with Crippen molar-refractivity contribution in [2.24, 2.45) is 0 Å². The quantitative estimate of drug-likeness (QED) is 0.885. The molecule has 98 valence electrons. The number of para-hydroxylation sites is 1. The second-order valence-electron chi connectivity index (χ2n) is 4.04. The van der Waals surface area contributed by atoms with Gasteiger partial charge in [0.15, 0.2) is 9.84 Å². The predicted molar refractivity (Wildman–Crippen MR) is 62.9 cm³/mol.